The number of hydrogen-bond donors (Lipinski definition) is 1. The molecule has 0 saturated heterocycles. The lowest BCUT2D eigenvalue weighted by molar-refractivity contribution is 0.468. The van der Waals surface area contributed by atoms with Gasteiger partial charge in [0, 0.05) is 5.69 Å². The Morgan fingerprint density at radius 1 is 0.857 bits per heavy atom. The van der Waals surface area contributed by atoms with Crippen LogP contribution in [0.1, 0.15) is 5.56 Å². The molecule has 0 bridgehead atoms. The second kappa shape index (κ2) is 7.28. The summed E-state index contributed by atoms with van der Waals surface area (Å²) in [4.78, 5) is 8.60. The van der Waals surface area contributed by atoms with E-state index in [1.54, 1.807) is 48.5 Å². The smallest absolute Gasteiger partial charge is 0.261 e. The van der Waals surface area contributed by atoms with Crippen LogP contribution in [0.15, 0.2) is 84.0 Å². The topological polar surface area (TPSA) is 81.2 Å². The quantitative estimate of drug-likeness (QED) is 0.540. The number of aromatic nitrogens is 2. The number of nitrogens with one attached hydrogen (secondary N) is 1. The minimum atomic E-state index is -3.64. The van der Waals surface area contributed by atoms with Gasteiger partial charge in [-0.1, -0.05) is 29.8 Å². The van der Waals surface area contributed by atoms with Crippen molar-refractivity contribution in [1.29, 1.82) is 0 Å². The summed E-state index contributed by atoms with van der Waals surface area (Å²) >= 11 is 0. The van der Waals surface area contributed by atoms with E-state index in [0.717, 1.165) is 16.5 Å². The highest BCUT2D eigenvalue weighted by atomic mass is 32.2. The van der Waals surface area contributed by atoms with Gasteiger partial charge in [-0.2, -0.15) is 0 Å². The summed E-state index contributed by atoms with van der Waals surface area (Å²) in [6.07, 6.45) is 1.45. The molecule has 0 spiro atoms. The Hall–Kier alpha value is -3.45. The number of benzene rings is 3. The van der Waals surface area contributed by atoms with E-state index in [1.165, 1.54) is 6.33 Å². The van der Waals surface area contributed by atoms with Crippen molar-refractivity contribution in [3.05, 3.63) is 84.7 Å². The van der Waals surface area contributed by atoms with Gasteiger partial charge in [0.15, 0.2) is 0 Å². The number of rotatable bonds is 5. The number of nitrogens with zero attached hydrogens (tertiary/aromatic N) is 2. The van der Waals surface area contributed by atoms with E-state index >= 15 is 0 Å². The predicted octanol–water partition coefficient (Wildman–Crippen LogP) is 4.53. The van der Waals surface area contributed by atoms with Gasteiger partial charge in [-0.15, -0.1) is 0 Å². The van der Waals surface area contributed by atoms with Gasteiger partial charge in [-0.3, -0.25) is 4.72 Å². The van der Waals surface area contributed by atoms with Crippen LogP contribution < -0.4 is 9.46 Å². The summed E-state index contributed by atoms with van der Waals surface area (Å²) in [6.45, 7) is 1.91. The third-order valence-electron chi connectivity index (χ3n) is 4.16. The molecule has 1 heterocycles. The van der Waals surface area contributed by atoms with E-state index in [4.69, 9.17) is 4.74 Å². The van der Waals surface area contributed by atoms with Crippen LogP contribution in [0.2, 0.25) is 0 Å². The van der Waals surface area contributed by atoms with Crippen LogP contribution in [-0.4, -0.2) is 18.4 Å². The molecule has 0 unspecified atom stereocenters. The normalized spacial score (nSPS) is 11.3. The van der Waals surface area contributed by atoms with E-state index in [9.17, 15) is 8.42 Å². The molecular formula is C21H17N3O3S. The molecule has 7 heteroatoms. The minimum absolute atomic E-state index is 0.214. The zero-order valence-corrected chi connectivity index (χ0v) is 15.8. The van der Waals surface area contributed by atoms with Crippen molar-refractivity contribution in [2.24, 2.45) is 0 Å². The molecule has 6 nitrogen and oxygen atoms in total. The van der Waals surface area contributed by atoms with Gasteiger partial charge >= 0.3 is 0 Å². The molecule has 1 aromatic heterocycles. The molecule has 28 heavy (non-hydrogen) atoms. The van der Waals surface area contributed by atoms with Crippen LogP contribution in [0.25, 0.3) is 10.9 Å². The van der Waals surface area contributed by atoms with Crippen molar-refractivity contribution in [2.45, 2.75) is 11.8 Å². The zero-order chi connectivity index (χ0) is 19.6. The standard InChI is InChI=1S/C21H17N3O3S/c1-15-6-12-18(13-7-15)28(25,26)24-16-8-10-17(11-9-16)27-21-19-4-2-3-5-20(19)22-14-23-21/h2-14,24H,1H3. The Morgan fingerprint density at radius 2 is 1.57 bits per heavy atom. The molecule has 4 aromatic rings. The molecule has 0 aliphatic rings. The first kappa shape index (κ1) is 17.9. The van der Waals surface area contributed by atoms with Gasteiger partial charge in [0.25, 0.3) is 10.0 Å². The minimum Gasteiger partial charge on any atom is -0.438 e. The highest BCUT2D eigenvalue weighted by Crippen LogP contribution is 2.27. The molecule has 0 amide bonds. The third-order valence-corrected chi connectivity index (χ3v) is 5.56. The molecule has 0 saturated carbocycles. The highest BCUT2D eigenvalue weighted by Gasteiger charge is 2.14. The van der Waals surface area contributed by atoms with Gasteiger partial charge in [0.1, 0.15) is 12.1 Å². The maximum absolute atomic E-state index is 12.5. The van der Waals surface area contributed by atoms with Gasteiger partial charge in [0.2, 0.25) is 5.88 Å². The largest absolute Gasteiger partial charge is 0.438 e. The number of sulfonamides is 1. The number of ether oxygens (including phenoxy) is 1. The van der Waals surface area contributed by atoms with Crippen LogP contribution >= 0.6 is 0 Å². The number of para-hydroxylation sites is 1. The summed E-state index contributed by atoms with van der Waals surface area (Å²) in [5, 5.41) is 0.800. The van der Waals surface area contributed by atoms with Gasteiger partial charge in [-0.05, 0) is 55.5 Å². The maximum atomic E-state index is 12.5. The lowest BCUT2D eigenvalue weighted by atomic mass is 10.2. The van der Waals surface area contributed by atoms with Gasteiger partial charge in [0.05, 0.1) is 15.8 Å². The molecule has 1 N–H and O–H groups in total. The number of aryl methyl sites for hydroxylation is 1. The number of hydrogen-bond acceptors (Lipinski definition) is 5. The summed E-state index contributed by atoms with van der Waals surface area (Å²) in [7, 11) is -3.64. The van der Waals surface area contributed by atoms with E-state index < -0.39 is 10.0 Å². The maximum Gasteiger partial charge on any atom is 0.261 e. The number of anilines is 1. The SMILES string of the molecule is Cc1ccc(S(=O)(=O)Nc2ccc(Oc3ncnc4ccccc34)cc2)cc1. The molecule has 0 radical (unpaired) electrons. The molecule has 0 aliphatic carbocycles. The van der Waals surface area contributed by atoms with Crippen LogP contribution in [0.5, 0.6) is 11.6 Å². The molecule has 0 atom stereocenters. The lowest BCUT2D eigenvalue weighted by Gasteiger charge is -2.10. The van der Waals surface area contributed by atoms with Crippen molar-refractivity contribution >= 4 is 26.6 Å². The van der Waals surface area contributed by atoms with Gasteiger partial charge in [-0.25, -0.2) is 18.4 Å². The Labute approximate surface area is 162 Å². The highest BCUT2D eigenvalue weighted by molar-refractivity contribution is 7.92. The van der Waals surface area contributed by atoms with Crippen LogP contribution in [0, 0.1) is 6.92 Å². The summed E-state index contributed by atoms with van der Waals surface area (Å²) in [6, 6.07) is 20.9. The van der Waals surface area contributed by atoms with Crippen molar-refractivity contribution in [1.82, 2.24) is 9.97 Å². The molecule has 3 aromatic carbocycles. The first-order chi connectivity index (χ1) is 13.5. The fraction of sp³-hybridized carbons (Fsp3) is 0.0476. The van der Waals surface area contributed by atoms with E-state index in [2.05, 4.69) is 14.7 Å². The number of fused-ring (bicyclic) bond motifs is 1. The Morgan fingerprint density at radius 3 is 2.32 bits per heavy atom. The van der Waals surface area contributed by atoms with Crippen molar-refractivity contribution in [3.8, 4) is 11.6 Å². The van der Waals surface area contributed by atoms with Crippen LogP contribution in [0.3, 0.4) is 0 Å². The van der Waals surface area contributed by atoms with E-state index in [1.807, 2.05) is 31.2 Å². The molecule has 0 fully saturated rings. The van der Waals surface area contributed by atoms with E-state index in [0.29, 0.717) is 17.3 Å². The van der Waals surface area contributed by atoms with E-state index in [-0.39, 0.29) is 4.90 Å². The fourth-order valence-corrected chi connectivity index (χ4v) is 3.75. The van der Waals surface area contributed by atoms with Crippen molar-refractivity contribution in [2.75, 3.05) is 4.72 Å². The second-order valence-electron chi connectivity index (χ2n) is 6.24. The van der Waals surface area contributed by atoms with Crippen LogP contribution in [-0.2, 0) is 10.0 Å². The zero-order valence-electron chi connectivity index (χ0n) is 15.0. The summed E-state index contributed by atoms with van der Waals surface area (Å²) < 4.78 is 33.4. The molecule has 4 rings (SSSR count). The van der Waals surface area contributed by atoms with Crippen molar-refractivity contribution in [3.63, 3.8) is 0 Å². The van der Waals surface area contributed by atoms with Crippen molar-refractivity contribution < 1.29 is 13.2 Å². The Kier molecular flexibility index (Phi) is 4.67. The van der Waals surface area contributed by atoms with Gasteiger partial charge < -0.3 is 4.74 Å². The first-order valence-corrected chi connectivity index (χ1v) is 10.1. The lowest BCUT2D eigenvalue weighted by Crippen LogP contribution is -2.12. The Balaban J connectivity index is 1.53. The average molecular weight is 391 g/mol. The summed E-state index contributed by atoms with van der Waals surface area (Å²) in [5.74, 6) is 0.987. The molecule has 140 valence electrons. The predicted molar refractivity (Wildman–Crippen MR) is 108 cm³/mol. The Bertz CT molecular complexity index is 1220. The summed E-state index contributed by atoms with van der Waals surface area (Å²) in [5.41, 5.74) is 2.23. The molecular weight excluding hydrogens is 374 g/mol. The first-order valence-electron chi connectivity index (χ1n) is 8.58. The van der Waals surface area contributed by atoms with Crippen LogP contribution in [0.4, 0.5) is 5.69 Å². The molecule has 0 aliphatic heterocycles. The average Bonchev–Trinajstić information content (AvgIpc) is 2.70. The second-order valence-corrected chi connectivity index (χ2v) is 7.92. The third kappa shape index (κ3) is 3.79. The fourth-order valence-electron chi connectivity index (χ4n) is 2.70. The monoisotopic (exact) mass is 391 g/mol.